The number of halogens is 1. The van der Waals surface area contributed by atoms with Crippen LogP contribution in [0.1, 0.15) is 28.9 Å². The summed E-state index contributed by atoms with van der Waals surface area (Å²) in [6, 6.07) is 5.91. The number of amides is 1. The van der Waals surface area contributed by atoms with Gasteiger partial charge < -0.3 is 4.90 Å². The summed E-state index contributed by atoms with van der Waals surface area (Å²) in [5, 5.41) is 19.2. The monoisotopic (exact) mass is 432 g/mol. The summed E-state index contributed by atoms with van der Waals surface area (Å²) in [5.41, 5.74) is 0.519. The summed E-state index contributed by atoms with van der Waals surface area (Å²) < 4.78 is 28.5. The fourth-order valence-electron chi connectivity index (χ4n) is 5.19. The molecule has 0 radical (unpaired) electrons. The SMILES string of the molecule is N#Cc1ccc(Cl)c(S(=O)(=O)N2[C@@H]3CC[C@H]2[C@@H]2CN(C(=O)c4cn[nH]n4)C[C@@H]23)c1. The molecule has 9 nitrogen and oxygen atoms in total. The van der Waals surface area contributed by atoms with Crippen LogP contribution in [-0.4, -0.2) is 64.1 Å². The quantitative estimate of drug-likeness (QED) is 0.778. The van der Waals surface area contributed by atoms with Crippen LogP contribution in [0, 0.1) is 23.2 Å². The van der Waals surface area contributed by atoms with Crippen LogP contribution in [0.2, 0.25) is 5.02 Å². The van der Waals surface area contributed by atoms with E-state index in [0.29, 0.717) is 13.1 Å². The van der Waals surface area contributed by atoms with Crippen molar-refractivity contribution in [1.82, 2.24) is 24.6 Å². The van der Waals surface area contributed by atoms with Crippen molar-refractivity contribution < 1.29 is 13.2 Å². The Labute approximate surface area is 172 Å². The van der Waals surface area contributed by atoms with Gasteiger partial charge in [0.2, 0.25) is 10.0 Å². The summed E-state index contributed by atoms with van der Waals surface area (Å²) in [7, 11) is -3.84. The third-order valence-corrected chi connectivity index (χ3v) is 8.78. The summed E-state index contributed by atoms with van der Waals surface area (Å²) >= 11 is 6.19. The van der Waals surface area contributed by atoms with Crippen molar-refractivity contribution in [3.05, 3.63) is 40.7 Å². The molecule has 3 aliphatic rings. The molecule has 1 amide bonds. The number of aromatic nitrogens is 3. The smallest absolute Gasteiger partial charge is 0.276 e. The highest BCUT2D eigenvalue weighted by atomic mass is 35.5. The Bertz CT molecular complexity index is 1110. The van der Waals surface area contributed by atoms with Gasteiger partial charge in [0.15, 0.2) is 5.69 Å². The average molecular weight is 433 g/mol. The molecule has 0 unspecified atom stereocenters. The fourth-order valence-corrected chi connectivity index (χ4v) is 7.65. The average Bonchev–Trinajstić information content (AvgIpc) is 3.49. The van der Waals surface area contributed by atoms with Gasteiger partial charge in [0.1, 0.15) is 4.90 Å². The van der Waals surface area contributed by atoms with Crippen molar-refractivity contribution in [2.45, 2.75) is 29.8 Å². The minimum absolute atomic E-state index is 0.0226. The van der Waals surface area contributed by atoms with Crippen molar-refractivity contribution in [2.75, 3.05) is 13.1 Å². The van der Waals surface area contributed by atoms with Gasteiger partial charge in [0.05, 0.1) is 22.9 Å². The van der Waals surface area contributed by atoms with Crippen LogP contribution in [0.15, 0.2) is 29.3 Å². The Morgan fingerprint density at radius 1 is 1.24 bits per heavy atom. The summed E-state index contributed by atoms with van der Waals surface area (Å²) in [4.78, 5) is 14.3. The van der Waals surface area contributed by atoms with Crippen LogP contribution in [0.4, 0.5) is 0 Å². The number of carbonyl (C=O) groups is 1. The van der Waals surface area contributed by atoms with Crippen LogP contribution in [0.3, 0.4) is 0 Å². The van der Waals surface area contributed by atoms with E-state index in [2.05, 4.69) is 15.4 Å². The van der Waals surface area contributed by atoms with Crippen molar-refractivity contribution in [3.63, 3.8) is 0 Å². The minimum Gasteiger partial charge on any atom is -0.336 e. The van der Waals surface area contributed by atoms with Gasteiger partial charge in [0.25, 0.3) is 5.91 Å². The molecule has 0 saturated carbocycles. The molecule has 11 heteroatoms. The molecule has 2 aromatic rings. The number of rotatable bonds is 3. The third kappa shape index (κ3) is 2.68. The molecule has 150 valence electrons. The Kier molecular flexibility index (Phi) is 4.17. The Morgan fingerprint density at radius 3 is 2.52 bits per heavy atom. The van der Waals surface area contributed by atoms with E-state index in [4.69, 9.17) is 16.9 Å². The van der Waals surface area contributed by atoms with E-state index >= 15 is 0 Å². The molecule has 2 bridgehead atoms. The Morgan fingerprint density at radius 2 is 1.93 bits per heavy atom. The van der Waals surface area contributed by atoms with Gasteiger partial charge >= 0.3 is 0 Å². The zero-order valence-electron chi connectivity index (χ0n) is 15.2. The van der Waals surface area contributed by atoms with E-state index in [1.165, 1.54) is 24.4 Å². The molecule has 1 aromatic heterocycles. The standard InChI is InChI=1S/C18H17ClN6O3S/c19-13-2-1-10(6-20)5-17(13)29(27,28)25-15-3-4-16(25)12-9-24(8-11(12)15)18(26)14-7-21-23-22-14/h1-2,5,7,11-12,15-16H,3-4,8-9H2,(H,21,22,23)/t11-,12+,15+,16-. The van der Waals surface area contributed by atoms with E-state index in [-0.39, 0.29) is 51.0 Å². The molecular formula is C18H17ClN6O3S. The number of hydrogen-bond donors (Lipinski definition) is 1. The second kappa shape index (κ2) is 6.52. The van der Waals surface area contributed by atoms with Crippen molar-refractivity contribution >= 4 is 27.5 Å². The van der Waals surface area contributed by atoms with E-state index < -0.39 is 10.0 Å². The van der Waals surface area contributed by atoms with E-state index in [9.17, 15) is 13.2 Å². The molecule has 3 aliphatic heterocycles. The molecule has 29 heavy (non-hydrogen) atoms. The number of carbonyl (C=O) groups excluding carboxylic acids is 1. The lowest BCUT2D eigenvalue weighted by Gasteiger charge is -2.26. The molecule has 3 saturated heterocycles. The number of aromatic amines is 1. The Balaban J connectivity index is 1.43. The first kappa shape index (κ1) is 18.5. The molecule has 3 fully saturated rings. The van der Waals surface area contributed by atoms with Gasteiger partial charge in [-0.25, -0.2) is 8.42 Å². The highest BCUT2D eigenvalue weighted by Crippen LogP contribution is 2.52. The maximum Gasteiger partial charge on any atom is 0.276 e. The van der Waals surface area contributed by atoms with Crippen molar-refractivity contribution in [2.24, 2.45) is 11.8 Å². The maximum atomic E-state index is 13.4. The van der Waals surface area contributed by atoms with Crippen LogP contribution in [0.5, 0.6) is 0 Å². The van der Waals surface area contributed by atoms with Crippen molar-refractivity contribution in [1.29, 1.82) is 5.26 Å². The van der Waals surface area contributed by atoms with Crippen molar-refractivity contribution in [3.8, 4) is 6.07 Å². The lowest BCUT2D eigenvalue weighted by Crippen LogP contribution is -2.41. The zero-order valence-corrected chi connectivity index (χ0v) is 16.8. The predicted molar refractivity (Wildman–Crippen MR) is 101 cm³/mol. The molecule has 0 spiro atoms. The fraction of sp³-hybridized carbons (Fsp3) is 0.444. The van der Waals surface area contributed by atoms with Gasteiger partial charge in [-0.05, 0) is 42.9 Å². The largest absolute Gasteiger partial charge is 0.336 e. The summed E-state index contributed by atoms with van der Waals surface area (Å²) in [6.45, 7) is 0.991. The first-order chi connectivity index (χ1) is 13.9. The van der Waals surface area contributed by atoms with Crippen LogP contribution < -0.4 is 0 Å². The number of sulfonamides is 1. The van der Waals surface area contributed by atoms with Gasteiger partial charge in [-0.15, -0.1) is 0 Å². The number of nitrogens with one attached hydrogen (secondary N) is 1. The second-order valence-corrected chi connectivity index (χ2v) is 9.92. The van der Waals surface area contributed by atoms with Gasteiger partial charge in [-0.3, -0.25) is 4.79 Å². The number of fused-ring (bicyclic) bond motifs is 5. The molecule has 0 aliphatic carbocycles. The Hall–Kier alpha value is -2.48. The molecule has 4 heterocycles. The number of hydrogen-bond acceptors (Lipinski definition) is 6. The number of benzene rings is 1. The van der Waals surface area contributed by atoms with Gasteiger partial charge in [0, 0.05) is 25.2 Å². The second-order valence-electron chi connectivity index (χ2n) is 7.70. The third-order valence-electron chi connectivity index (χ3n) is 6.35. The van der Waals surface area contributed by atoms with Crippen LogP contribution >= 0.6 is 11.6 Å². The number of H-pyrrole nitrogens is 1. The first-order valence-corrected chi connectivity index (χ1v) is 11.1. The minimum atomic E-state index is -3.84. The zero-order chi connectivity index (χ0) is 20.3. The molecule has 1 N–H and O–H groups in total. The number of likely N-dealkylation sites (tertiary alicyclic amines) is 1. The highest BCUT2D eigenvalue weighted by Gasteiger charge is 2.61. The van der Waals surface area contributed by atoms with E-state index in [0.717, 1.165) is 12.8 Å². The molecular weight excluding hydrogens is 416 g/mol. The van der Waals surface area contributed by atoms with Crippen LogP contribution in [-0.2, 0) is 10.0 Å². The number of nitrogens with zero attached hydrogens (tertiary/aromatic N) is 5. The lowest BCUT2D eigenvalue weighted by atomic mass is 9.82. The van der Waals surface area contributed by atoms with E-state index in [1.54, 1.807) is 9.21 Å². The predicted octanol–water partition coefficient (Wildman–Crippen LogP) is 1.25. The summed E-state index contributed by atoms with van der Waals surface area (Å²) in [5.74, 6) is -0.0266. The van der Waals surface area contributed by atoms with Gasteiger partial charge in [-0.2, -0.15) is 25.0 Å². The van der Waals surface area contributed by atoms with E-state index in [1.807, 2.05) is 6.07 Å². The van der Waals surface area contributed by atoms with Crippen LogP contribution in [0.25, 0.3) is 0 Å². The van der Waals surface area contributed by atoms with Gasteiger partial charge in [-0.1, -0.05) is 11.6 Å². The topological polar surface area (TPSA) is 123 Å². The molecule has 1 aromatic carbocycles. The molecule has 4 atom stereocenters. The molecule has 5 rings (SSSR count). The highest BCUT2D eigenvalue weighted by molar-refractivity contribution is 7.89. The first-order valence-electron chi connectivity index (χ1n) is 9.30. The summed E-state index contributed by atoms with van der Waals surface area (Å²) in [6.07, 6.45) is 2.91. The lowest BCUT2D eigenvalue weighted by molar-refractivity contribution is 0.0767. The number of nitriles is 1. The normalized spacial score (nSPS) is 28.5. The maximum absolute atomic E-state index is 13.4.